The maximum absolute atomic E-state index is 12.2. The molecule has 3 aliphatic rings. The Morgan fingerprint density at radius 3 is 2.67 bits per heavy atom. The number of carbonyl (C=O) groups is 1. The van der Waals surface area contributed by atoms with Crippen LogP contribution in [0.2, 0.25) is 0 Å². The van der Waals surface area contributed by atoms with E-state index in [2.05, 4.69) is 17.9 Å². The van der Waals surface area contributed by atoms with Crippen LogP contribution in [0.4, 0.5) is 0 Å². The first-order valence-electron chi connectivity index (χ1n) is 6.18. The Labute approximate surface area is 91.3 Å². The molecular weight excluding hydrogens is 186 g/mol. The SMILES string of the molecule is CC1=CCN(C(=O)C2CC3CC3C2)CC1. The molecule has 15 heavy (non-hydrogen) atoms. The summed E-state index contributed by atoms with van der Waals surface area (Å²) in [5, 5.41) is 0. The van der Waals surface area contributed by atoms with Gasteiger partial charge in [0, 0.05) is 19.0 Å². The minimum Gasteiger partial charge on any atom is -0.338 e. The molecule has 0 aromatic heterocycles. The van der Waals surface area contributed by atoms with Gasteiger partial charge in [-0.2, -0.15) is 0 Å². The number of hydrogen-bond donors (Lipinski definition) is 0. The standard InChI is InChI=1S/C13H19NO/c1-9-2-4-14(5-3-9)13(15)12-7-10-6-11(10)8-12/h2,10-12H,3-8H2,1H3. The fourth-order valence-corrected chi connectivity index (χ4v) is 3.15. The van der Waals surface area contributed by atoms with Gasteiger partial charge in [-0.3, -0.25) is 4.79 Å². The van der Waals surface area contributed by atoms with E-state index in [0.717, 1.165) is 31.3 Å². The summed E-state index contributed by atoms with van der Waals surface area (Å²) in [6.45, 7) is 3.97. The van der Waals surface area contributed by atoms with Gasteiger partial charge in [-0.1, -0.05) is 11.6 Å². The van der Waals surface area contributed by atoms with Gasteiger partial charge in [0.1, 0.15) is 0 Å². The molecule has 3 rings (SSSR count). The second-order valence-electron chi connectivity index (χ2n) is 5.51. The highest BCUT2D eigenvalue weighted by Crippen LogP contribution is 2.54. The van der Waals surface area contributed by atoms with Crippen LogP contribution in [0.25, 0.3) is 0 Å². The molecule has 0 saturated heterocycles. The second kappa shape index (κ2) is 3.36. The Hall–Kier alpha value is -0.790. The molecular formula is C13H19NO. The Morgan fingerprint density at radius 2 is 2.07 bits per heavy atom. The summed E-state index contributed by atoms with van der Waals surface area (Å²) in [6.07, 6.45) is 7.05. The third kappa shape index (κ3) is 1.70. The van der Waals surface area contributed by atoms with E-state index in [1.54, 1.807) is 0 Å². The third-order valence-electron chi connectivity index (χ3n) is 4.34. The van der Waals surface area contributed by atoms with Crippen molar-refractivity contribution < 1.29 is 4.79 Å². The van der Waals surface area contributed by atoms with Crippen molar-refractivity contribution >= 4 is 5.91 Å². The lowest BCUT2D eigenvalue weighted by atomic mass is 10.0. The van der Waals surface area contributed by atoms with Crippen LogP contribution >= 0.6 is 0 Å². The van der Waals surface area contributed by atoms with Crippen molar-refractivity contribution in [3.05, 3.63) is 11.6 Å². The highest BCUT2D eigenvalue weighted by molar-refractivity contribution is 5.79. The van der Waals surface area contributed by atoms with Crippen LogP contribution in [-0.2, 0) is 4.79 Å². The number of rotatable bonds is 1. The van der Waals surface area contributed by atoms with Gasteiger partial charge in [0.15, 0.2) is 0 Å². The first kappa shape index (κ1) is 9.44. The van der Waals surface area contributed by atoms with Crippen LogP contribution in [-0.4, -0.2) is 23.9 Å². The van der Waals surface area contributed by atoms with Crippen LogP contribution in [0.15, 0.2) is 11.6 Å². The Kier molecular flexibility index (Phi) is 2.11. The molecule has 2 atom stereocenters. The van der Waals surface area contributed by atoms with Gasteiger partial charge in [0.2, 0.25) is 5.91 Å². The third-order valence-corrected chi connectivity index (χ3v) is 4.34. The highest BCUT2D eigenvalue weighted by atomic mass is 16.2. The quantitative estimate of drug-likeness (QED) is 0.601. The van der Waals surface area contributed by atoms with E-state index in [1.807, 2.05) is 0 Å². The fraction of sp³-hybridized carbons (Fsp3) is 0.769. The molecule has 2 fully saturated rings. The average molecular weight is 205 g/mol. The van der Waals surface area contributed by atoms with Gasteiger partial charge in [0.25, 0.3) is 0 Å². The number of amides is 1. The molecule has 0 spiro atoms. The van der Waals surface area contributed by atoms with E-state index in [0.29, 0.717) is 11.8 Å². The van der Waals surface area contributed by atoms with E-state index >= 15 is 0 Å². The van der Waals surface area contributed by atoms with Crippen LogP contribution in [0.5, 0.6) is 0 Å². The highest BCUT2D eigenvalue weighted by Gasteiger charge is 2.48. The van der Waals surface area contributed by atoms with Gasteiger partial charge >= 0.3 is 0 Å². The lowest BCUT2D eigenvalue weighted by Crippen LogP contribution is -2.38. The van der Waals surface area contributed by atoms with Crippen molar-refractivity contribution in [2.45, 2.75) is 32.6 Å². The second-order valence-corrected chi connectivity index (χ2v) is 5.51. The van der Waals surface area contributed by atoms with Gasteiger partial charge in [-0.05, 0) is 44.4 Å². The molecule has 82 valence electrons. The number of nitrogens with zero attached hydrogens (tertiary/aromatic N) is 1. The zero-order chi connectivity index (χ0) is 10.4. The normalized spacial score (nSPS) is 38.6. The topological polar surface area (TPSA) is 20.3 Å². The van der Waals surface area contributed by atoms with Crippen LogP contribution in [0.1, 0.15) is 32.6 Å². The molecule has 0 aromatic rings. The molecule has 2 saturated carbocycles. The van der Waals surface area contributed by atoms with Crippen molar-refractivity contribution in [2.24, 2.45) is 17.8 Å². The summed E-state index contributed by atoms with van der Waals surface area (Å²) in [4.78, 5) is 14.2. The van der Waals surface area contributed by atoms with Gasteiger partial charge in [-0.25, -0.2) is 0 Å². The molecule has 0 N–H and O–H groups in total. The summed E-state index contributed by atoms with van der Waals surface area (Å²) in [5.41, 5.74) is 1.44. The lowest BCUT2D eigenvalue weighted by molar-refractivity contribution is -0.135. The van der Waals surface area contributed by atoms with Crippen LogP contribution in [0.3, 0.4) is 0 Å². The molecule has 1 amide bonds. The van der Waals surface area contributed by atoms with Crippen molar-refractivity contribution in [1.82, 2.24) is 4.90 Å². The molecule has 0 bridgehead atoms. The number of hydrogen-bond acceptors (Lipinski definition) is 1. The monoisotopic (exact) mass is 205 g/mol. The Morgan fingerprint density at radius 1 is 1.33 bits per heavy atom. The molecule has 2 unspecified atom stereocenters. The van der Waals surface area contributed by atoms with Crippen molar-refractivity contribution in [1.29, 1.82) is 0 Å². The molecule has 2 nitrogen and oxygen atoms in total. The van der Waals surface area contributed by atoms with E-state index in [-0.39, 0.29) is 0 Å². The van der Waals surface area contributed by atoms with Crippen LogP contribution in [0, 0.1) is 17.8 Å². The minimum absolute atomic E-state index is 0.376. The molecule has 2 heteroatoms. The predicted molar refractivity (Wildman–Crippen MR) is 59.3 cm³/mol. The predicted octanol–water partition coefficient (Wildman–Crippen LogP) is 2.21. The Balaban J connectivity index is 1.60. The van der Waals surface area contributed by atoms with Gasteiger partial charge in [0.05, 0.1) is 0 Å². The van der Waals surface area contributed by atoms with Gasteiger partial charge < -0.3 is 4.90 Å². The largest absolute Gasteiger partial charge is 0.338 e. The van der Waals surface area contributed by atoms with Crippen molar-refractivity contribution in [3.8, 4) is 0 Å². The maximum Gasteiger partial charge on any atom is 0.225 e. The minimum atomic E-state index is 0.376. The van der Waals surface area contributed by atoms with E-state index in [4.69, 9.17) is 0 Å². The smallest absolute Gasteiger partial charge is 0.225 e. The summed E-state index contributed by atoms with van der Waals surface area (Å²) < 4.78 is 0. The van der Waals surface area contributed by atoms with Crippen molar-refractivity contribution in [2.75, 3.05) is 13.1 Å². The Bertz CT molecular complexity index is 310. The molecule has 2 aliphatic carbocycles. The van der Waals surface area contributed by atoms with E-state index < -0.39 is 0 Å². The van der Waals surface area contributed by atoms with E-state index in [9.17, 15) is 4.79 Å². The van der Waals surface area contributed by atoms with Crippen molar-refractivity contribution in [3.63, 3.8) is 0 Å². The lowest BCUT2D eigenvalue weighted by Gasteiger charge is -2.28. The first-order valence-corrected chi connectivity index (χ1v) is 6.18. The van der Waals surface area contributed by atoms with Crippen LogP contribution < -0.4 is 0 Å². The zero-order valence-corrected chi connectivity index (χ0v) is 9.41. The number of carbonyl (C=O) groups excluding carboxylic acids is 1. The average Bonchev–Trinajstić information content (AvgIpc) is 2.86. The molecule has 1 aliphatic heterocycles. The van der Waals surface area contributed by atoms with E-state index in [1.165, 1.54) is 24.8 Å². The zero-order valence-electron chi connectivity index (χ0n) is 9.41. The molecule has 0 aromatic carbocycles. The maximum atomic E-state index is 12.2. The summed E-state index contributed by atoms with van der Waals surface area (Å²) >= 11 is 0. The molecule has 1 heterocycles. The fourth-order valence-electron chi connectivity index (χ4n) is 3.15. The summed E-state index contributed by atoms with van der Waals surface area (Å²) in [7, 11) is 0. The van der Waals surface area contributed by atoms with Gasteiger partial charge in [-0.15, -0.1) is 0 Å². The summed E-state index contributed by atoms with van der Waals surface area (Å²) in [6, 6.07) is 0. The molecule has 0 radical (unpaired) electrons. The first-order chi connectivity index (χ1) is 7.24. The number of fused-ring (bicyclic) bond motifs is 1. The summed E-state index contributed by atoms with van der Waals surface area (Å²) in [5.74, 6) is 2.65.